The number of hydrogen-bond donors (Lipinski definition) is 1. The molecule has 94 valence electrons. The fourth-order valence-electron chi connectivity index (χ4n) is 1.70. The molecule has 0 spiro atoms. The molecule has 0 saturated carbocycles. The molecule has 0 saturated heterocycles. The number of nitrogens with one attached hydrogen (secondary N) is 1. The number of H-pyrrole nitrogens is 1. The first-order chi connectivity index (χ1) is 8.70. The van der Waals surface area contributed by atoms with Gasteiger partial charge in [0.1, 0.15) is 0 Å². The Labute approximate surface area is 111 Å². The van der Waals surface area contributed by atoms with E-state index < -0.39 is 0 Å². The van der Waals surface area contributed by atoms with Gasteiger partial charge in [-0.2, -0.15) is 14.9 Å². The van der Waals surface area contributed by atoms with Gasteiger partial charge in [0.15, 0.2) is 5.82 Å². The molecule has 2 aromatic rings. The Bertz CT molecular complexity index is 609. The zero-order valence-corrected chi connectivity index (χ0v) is 11.4. The molecule has 0 fully saturated rings. The Kier molecular flexibility index (Phi) is 4.04. The molecule has 5 heteroatoms. The van der Waals surface area contributed by atoms with Crippen LogP contribution in [0.3, 0.4) is 0 Å². The van der Waals surface area contributed by atoms with Gasteiger partial charge in [0.05, 0.1) is 6.21 Å². The second kappa shape index (κ2) is 5.73. The molecule has 1 aromatic carbocycles. The molecule has 0 bridgehead atoms. The largest absolute Gasteiger partial charge is 0.250 e. The van der Waals surface area contributed by atoms with Crippen LogP contribution in [0.15, 0.2) is 29.4 Å². The highest BCUT2D eigenvalue weighted by Gasteiger charge is 2.02. The average Bonchev–Trinajstić information content (AvgIpc) is 2.69. The third kappa shape index (κ3) is 2.92. The van der Waals surface area contributed by atoms with Crippen molar-refractivity contribution in [3.05, 3.63) is 46.0 Å². The second-order valence-electron chi connectivity index (χ2n) is 4.17. The Balaban J connectivity index is 2.28. The Morgan fingerprint density at radius 1 is 1.50 bits per heavy atom. The van der Waals surface area contributed by atoms with E-state index in [9.17, 15) is 0 Å². The molecule has 18 heavy (non-hydrogen) atoms. The van der Waals surface area contributed by atoms with Crippen LogP contribution in [0.25, 0.3) is 0 Å². The van der Waals surface area contributed by atoms with Gasteiger partial charge in [-0.05, 0) is 31.1 Å². The van der Waals surface area contributed by atoms with E-state index in [4.69, 9.17) is 12.2 Å². The SMILES string of the molecule is CCCc1n[nH]c(=S)n1/N=C/c1cccc(C)c1. The van der Waals surface area contributed by atoms with Crippen molar-refractivity contribution in [2.75, 3.05) is 0 Å². The summed E-state index contributed by atoms with van der Waals surface area (Å²) in [7, 11) is 0. The third-order valence-electron chi connectivity index (χ3n) is 2.56. The van der Waals surface area contributed by atoms with E-state index in [0.29, 0.717) is 4.77 Å². The predicted molar refractivity (Wildman–Crippen MR) is 75.6 cm³/mol. The highest BCUT2D eigenvalue weighted by atomic mass is 32.1. The highest BCUT2D eigenvalue weighted by Crippen LogP contribution is 2.04. The normalized spacial score (nSPS) is 11.2. The van der Waals surface area contributed by atoms with E-state index in [2.05, 4.69) is 41.3 Å². The smallest absolute Gasteiger partial charge is 0.216 e. The summed E-state index contributed by atoms with van der Waals surface area (Å²) >= 11 is 5.16. The zero-order chi connectivity index (χ0) is 13.0. The number of aromatic amines is 1. The molecule has 0 atom stereocenters. The summed E-state index contributed by atoms with van der Waals surface area (Å²) in [6, 6.07) is 8.16. The van der Waals surface area contributed by atoms with Gasteiger partial charge >= 0.3 is 0 Å². The minimum absolute atomic E-state index is 0.530. The van der Waals surface area contributed by atoms with Crippen LogP contribution in [0, 0.1) is 11.7 Å². The molecule has 1 N–H and O–H groups in total. The Morgan fingerprint density at radius 3 is 3.06 bits per heavy atom. The quantitative estimate of drug-likeness (QED) is 0.678. The third-order valence-corrected chi connectivity index (χ3v) is 2.82. The lowest BCUT2D eigenvalue weighted by Gasteiger charge is -1.99. The van der Waals surface area contributed by atoms with E-state index in [1.54, 1.807) is 10.9 Å². The molecule has 0 unspecified atom stereocenters. The Hall–Kier alpha value is -1.75. The van der Waals surface area contributed by atoms with Gasteiger partial charge in [0.2, 0.25) is 4.77 Å². The minimum Gasteiger partial charge on any atom is -0.250 e. The number of aromatic nitrogens is 3. The summed E-state index contributed by atoms with van der Waals surface area (Å²) in [5, 5.41) is 11.3. The lowest BCUT2D eigenvalue weighted by molar-refractivity contribution is 0.740. The number of nitrogens with zero attached hydrogens (tertiary/aromatic N) is 3. The van der Waals surface area contributed by atoms with E-state index in [-0.39, 0.29) is 0 Å². The fraction of sp³-hybridized carbons (Fsp3) is 0.308. The summed E-state index contributed by atoms with van der Waals surface area (Å²) in [6.07, 6.45) is 3.68. The van der Waals surface area contributed by atoms with Gasteiger partial charge in [-0.1, -0.05) is 36.8 Å². The van der Waals surface area contributed by atoms with Crippen molar-refractivity contribution in [2.45, 2.75) is 26.7 Å². The second-order valence-corrected chi connectivity index (χ2v) is 4.55. The molecular weight excluding hydrogens is 244 g/mol. The van der Waals surface area contributed by atoms with Gasteiger partial charge in [-0.15, -0.1) is 0 Å². The maximum Gasteiger partial charge on any atom is 0.216 e. The van der Waals surface area contributed by atoms with Crippen molar-refractivity contribution in [1.29, 1.82) is 0 Å². The summed E-state index contributed by atoms with van der Waals surface area (Å²) in [5.41, 5.74) is 2.27. The molecule has 2 rings (SSSR count). The van der Waals surface area contributed by atoms with E-state index in [1.165, 1.54) is 5.56 Å². The van der Waals surface area contributed by atoms with E-state index in [1.807, 2.05) is 12.1 Å². The lowest BCUT2D eigenvalue weighted by Crippen LogP contribution is -1.98. The van der Waals surface area contributed by atoms with Crippen LogP contribution in [-0.2, 0) is 6.42 Å². The fourth-order valence-corrected chi connectivity index (χ4v) is 1.90. The molecule has 1 heterocycles. The number of rotatable bonds is 4. The van der Waals surface area contributed by atoms with Gasteiger partial charge in [-0.3, -0.25) is 5.10 Å². The summed E-state index contributed by atoms with van der Waals surface area (Å²) < 4.78 is 2.21. The summed E-state index contributed by atoms with van der Waals surface area (Å²) in [5.74, 6) is 0.867. The maximum atomic E-state index is 5.16. The van der Waals surface area contributed by atoms with Crippen LogP contribution in [0.4, 0.5) is 0 Å². The van der Waals surface area contributed by atoms with Crippen molar-refractivity contribution in [3.63, 3.8) is 0 Å². The Morgan fingerprint density at radius 2 is 2.33 bits per heavy atom. The molecule has 1 aromatic heterocycles. The van der Waals surface area contributed by atoms with Gasteiger partial charge in [0.25, 0.3) is 0 Å². The number of benzene rings is 1. The summed E-state index contributed by atoms with van der Waals surface area (Å²) in [4.78, 5) is 0. The van der Waals surface area contributed by atoms with Crippen molar-refractivity contribution >= 4 is 18.4 Å². The van der Waals surface area contributed by atoms with Crippen molar-refractivity contribution in [1.82, 2.24) is 14.9 Å². The minimum atomic E-state index is 0.530. The zero-order valence-electron chi connectivity index (χ0n) is 10.6. The van der Waals surface area contributed by atoms with Crippen LogP contribution < -0.4 is 0 Å². The molecule has 0 radical (unpaired) electrons. The van der Waals surface area contributed by atoms with Crippen molar-refractivity contribution in [2.24, 2.45) is 5.10 Å². The number of hydrogen-bond acceptors (Lipinski definition) is 3. The maximum absolute atomic E-state index is 5.16. The average molecular weight is 260 g/mol. The molecule has 0 aliphatic rings. The van der Waals surface area contributed by atoms with Gasteiger partial charge in [-0.25, -0.2) is 0 Å². The van der Waals surface area contributed by atoms with E-state index in [0.717, 1.165) is 24.2 Å². The first-order valence-electron chi connectivity index (χ1n) is 5.98. The van der Waals surface area contributed by atoms with Crippen LogP contribution >= 0.6 is 12.2 Å². The predicted octanol–water partition coefficient (Wildman–Crippen LogP) is 3.08. The monoisotopic (exact) mass is 260 g/mol. The lowest BCUT2D eigenvalue weighted by atomic mass is 10.2. The van der Waals surface area contributed by atoms with Gasteiger partial charge in [0, 0.05) is 6.42 Å². The first kappa shape index (κ1) is 12.7. The van der Waals surface area contributed by atoms with Gasteiger partial charge < -0.3 is 0 Å². The van der Waals surface area contributed by atoms with Crippen LogP contribution in [0.2, 0.25) is 0 Å². The van der Waals surface area contributed by atoms with Crippen LogP contribution in [-0.4, -0.2) is 21.1 Å². The van der Waals surface area contributed by atoms with E-state index >= 15 is 0 Å². The molecular formula is C13H16N4S. The molecule has 0 aliphatic carbocycles. The van der Waals surface area contributed by atoms with Crippen molar-refractivity contribution < 1.29 is 0 Å². The summed E-state index contributed by atoms with van der Waals surface area (Å²) in [6.45, 7) is 4.16. The molecule has 4 nitrogen and oxygen atoms in total. The molecule has 0 aliphatic heterocycles. The topological polar surface area (TPSA) is 46.0 Å². The first-order valence-corrected chi connectivity index (χ1v) is 6.39. The van der Waals surface area contributed by atoms with Crippen molar-refractivity contribution in [3.8, 4) is 0 Å². The standard InChI is InChI=1S/C13H16N4S/c1-3-5-12-15-16-13(18)17(12)14-9-11-7-4-6-10(2)8-11/h4,6-9H,3,5H2,1-2H3,(H,16,18)/b14-9+. The van der Waals surface area contributed by atoms with Crippen LogP contribution in [0.5, 0.6) is 0 Å². The van der Waals surface area contributed by atoms with Crippen LogP contribution in [0.1, 0.15) is 30.3 Å². The highest BCUT2D eigenvalue weighted by molar-refractivity contribution is 7.71. The number of aryl methyl sites for hydroxylation is 2. The molecule has 0 amide bonds.